The van der Waals surface area contributed by atoms with Gasteiger partial charge in [0.05, 0.1) is 5.69 Å². The topological polar surface area (TPSA) is 54.8 Å². The van der Waals surface area contributed by atoms with Crippen molar-refractivity contribution in [3.8, 4) is 5.88 Å². The van der Waals surface area contributed by atoms with Crippen molar-refractivity contribution in [1.82, 2.24) is 9.88 Å². The average Bonchev–Trinajstić information content (AvgIpc) is 2.72. The van der Waals surface area contributed by atoms with Crippen LogP contribution in [0.2, 0.25) is 0 Å². The molecule has 154 valence electrons. The van der Waals surface area contributed by atoms with E-state index in [1.807, 2.05) is 30.5 Å². The Bertz CT molecular complexity index is 1050. The van der Waals surface area contributed by atoms with Gasteiger partial charge < -0.3 is 9.64 Å². The molecule has 2 aromatic rings. The van der Waals surface area contributed by atoms with Gasteiger partial charge in [-0.1, -0.05) is 48.1 Å². The van der Waals surface area contributed by atoms with E-state index in [0.29, 0.717) is 5.88 Å². The first-order valence-electron chi connectivity index (χ1n) is 10.3. The molecule has 0 radical (unpaired) electrons. The third-order valence-corrected chi connectivity index (χ3v) is 5.81. The highest BCUT2D eigenvalue weighted by Gasteiger charge is 2.46. The molecule has 1 amide bonds. The number of pyridine rings is 1. The van der Waals surface area contributed by atoms with Gasteiger partial charge in [-0.2, -0.15) is 0 Å². The zero-order valence-electron chi connectivity index (χ0n) is 17.9. The molecule has 2 unspecified atom stereocenters. The molecule has 2 aliphatic carbocycles. The number of aliphatic imine (C=N–C) groups is 1. The molecule has 1 heterocycles. The summed E-state index contributed by atoms with van der Waals surface area (Å²) >= 11 is 0. The molecule has 1 aromatic heterocycles. The van der Waals surface area contributed by atoms with Crippen LogP contribution in [0.15, 0.2) is 70.8 Å². The molecule has 5 heteroatoms. The Balaban J connectivity index is 1.81. The minimum Gasteiger partial charge on any atom is -0.391 e. The number of hydrogen-bond donors (Lipinski definition) is 0. The summed E-state index contributed by atoms with van der Waals surface area (Å²) in [5.74, 6) is 0.578. The highest BCUT2D eigenvalue weighted by atomic mass is 16.6. The molecule has 0 saturated carbocycles. The number of amides is 1. The quantitative estimate of drug-likeness (QED) is 0.542. The third kappa shape index (κ3) is 3.56. The lowest BCUT2D eigenvalue weighted by atomic mass is 9.63. The molecule has 0 fully saturated rings. The van der Waals surface area contributed by atoms with E-state index in [1.165, 1.54) is 16.0 Å². The van der Waals surface area contributed by atoms with Gasteiger partial charge in [0.2, 0.25) is 5.88 Å². The Labute approximate surface area is 177 Å². The Morgan fingerprint density at radius 3 is 2.70 bits per heavy atom. The minimum absolute atomic E-state index is 0.247. The highest BCUT2D eigenvalue weighted by Crippen LogP contribution is 2.52. The SMILES string of the molecule is C/C=C1\C2C=C(C)CC1(N=Cc1ccccc1)c1ccc(OC(=O)N(C)C)nc1C2. The van der Waals surface area contributed by atoms with E-state index in [1.54, 1.807) is 20.2 Å². The molecular weight excluding hydrogens is 374 g/mol. The van der Waals surface area contributed by atoms with Crippen molar-refractivity contribution >= 4 is 12.3 Å². The smallest absolute Gasteiger partial charge is 0.391 e. The van der Waals surface area contributed by atoms with Crippen LogP contribution in [0.5, 0.6) is 5.88 Å². The largest absolute Gasteiger partial charge is 0.416 e. The molecule has 2 aliphatic rings. The van der Waals surface area contributed by atoms with Crippen molar-refractivity contribution in [2.24, 2.45) is 10.9 Å². The molecular formula is C25H27N3O2. The standard InChI is InChI=1S/C25H27N3O2/c1-5-20-19-13-17(2)15-25(20,26-16-18-9-7-6-8-10-18)21-11-12-23(27-22(21)14-19)30-24(29)28(3)4/h5-13,16,19H,14-15H2,1-4H3/b20-5+,26-16?. The Hall–Kier alpha value is -3.21. The Morgan fingerprint density at radius 2 is 2.00 bits per heavy atom. The second-order valence-corrected chi connectivity index (χ2v) is 8.18. The first-order valence-corrected chi connectivity index (χ1v) is 10.3. The van der Waals surface area contributed by atoms with Crippen LogP contribution >= 0.6 is 0 Å². The predicted molar refractivity (Wildman–Crippen MR) is 119 cm³/mol. The van der Waals surface area contributed by atoms with E-state index in [0.717, 1.165) is 29.7 Å². The van der Waals surface area contributed by atoms with E-state index in [9.17, 15) is 4.79 Å². The van der Waals surface area contributed by atoms with Gasteiger partial charge in [-0.25, -0.2) is 9.78 Å². The first kappa shape index (κ1) is 20.1. The number of hydrogen-bond acceptors (Lipinski definition) is 4. The zero-order valence-corrected chi connectivity index (χ0v) is 17.9. The van der Waals surface area contributed by atoms with Crippen LogP contribution in [-0.4, -0.2) is 36.3 Å². The van der Waals surface area contributed by atoms with Gasteiger partial charge in [0.1, 0.15) is 5.54 Å². The van der Waals surface area contributed by atoms with Gasteiger partial charge in [0.15, 0.2) is 0 Å². The van der Waals surface area contributed by atoms with E-state index in [2.05, 4.69) is 38.1 Å². The van der Waals surface area contributed by atoms with E-state index < -0.39 is 11.6 Å². The summed E-state index contributed by atoms with van der Waals surface area (Å²) < 4.78 is 5.41. The molecule has 0 spiro atoms. The molecule has 4 rings (SSSR count). The van der Waals surface area contributed by atoms with Crippen molar-refractivity contribution in [3.05, 3.63) is 82.6 Å². The number of carbonyl (C=O) groups is 1. The maximum absolute atomic E-state index is 12.0. The maximum Gasteiger partial charge on any atom is 0.416 e. The number of benzene rings is 1. The van der Waals surface area contributed by atoms with E-state index in [-0.39, 0.29) is 5.92 Å². The van der Waals surface area contributed by atoms with Crippen molar-refractivity contribution in [1.29, 1.82) is 0 Å². The summed E-state index contributed by atoms with van der Waals surface area (Å²) in [6.45, 7) is 4.27. The molecule has 0 N–H and O–H groups in total. The Morgan fingerprint density at radius 1 is 1.23 bits per heavy atom. The molecule has 2 atom stereocenters. The molecule has 2 bridgehead atoms. The normalized spacial score (nSPS) is 23.8. The molecule has 1 aromatic carbocycles. The summed E-state index contributed by atoms with van der Waals surface area (Å²) in [5.41, 5.74) is 5.29. The molecule has 0 aliphatic heterocycles. The van der Waals surface area contributed by atoms with Crippen LogP contribution in [0.4, 0.5) is 4.79 Å². The monoisotopic (exact) mass is 401 g/mol. The number of ether oxygens (including phenoxy) is 1. The Kier molecular flexibility index (Phi) is 5.29. The summed E-state index contributed by atoms with van der Waals surface area (Å²) in [5, 5.41) is 0. The average molecular weight is 402 g/mol. The van der Waals surface area contributed by atoms with Crippen molar-refractivity contribution in [3.63, 3.8) is 0 Å². The number of nitrogens with zero attached hydrogens (tertiary/aromatic N) is 3. The van der Waals surface area contributed by atoms with Gasteiger partial charge >= 0.3 is 6.09 Å². The summed E-state index contributed by atoms with van der Waals surface area (Å²) in [4.78, 5) is 23.2. The van der Waals surface area contributed by atoms with Crippen LogP contribution in [0, 0.1) is 5.92 Å². The summed E-state index contributed by atoms with van der Waals surface area (Å²) in [6, 6.07) is 14.0. The van der Waals surface area contributed by atoms with Crippen LogP contribution in [0.1, 0.15) is 37.1 Å². The van der Waals surface area contributed by atoms with Crippen LogP contribution < -0.4 is 4.74 Å². The lowest BCUT2D eigenvalue weighted by Crippen LogP contribution is -2.40. The maximum atomic E-state index is 12.0. The van der Waals surface area contributed by atoms with E-state index >= 15 is 0 Å². The van der Waals surface area contributed by atoms with Gasteiger partial charge in [-0.3, -0.25) is 4.99 Å². The molecule has 30 heavy (non-hydrogen) atoms. The zero-order chi connectivity index (χ0) is 21.3. The predicted octanol–water partition coefficient (Wildman–Crippen LogP) is 4.93. The minimum atomic E-state index is -0.473. The molecule has 5 nitrogen and oxygen atoms in total. The summed E-state index contributed by atoms with van der Waals surface area (Å²) in [7, 11) is 3.31. The van der Waals surface area contributed by atoms with E-state index in [4.69, 9.17) is 14.7 Å². The lowest BCUT2D eigenvalue weighted by Gasteiger charge is -2.45. The summed E-state index contributed by atoms with van der Waals surface area (Å²) in [6.07, 6.45) is 7.67. The van der Waals surface area contributed by atoms with Gasteiger partial charge in [-0.05, 0) is 31.1 Å². The number of fused-ring (bicyclic) bond motifs is 4. The lowest BCUT2D eigenvalue weighted by molar-refractivity contribution is 0.169. The molecule has 0 saturated heterocycles. The van der Waals surface area contributed by atoms with Crippen LogP contribution in [-0.2, 0) is 12.0 Å². The fraction of sp³-hybridized carbons (Fsp3) is 0.320. The van der Waals surface area contributed by atoms with Crippen LogP contribution in [0.25, 0.3) is 0 Å². The number of rotatable bonds is 3. The fourth-order valence-corrected chi connectivity index (χ4v) is 4.55. The van der Waals surface area contributed by atoms with Crippen molar-refractivity contribution in [2.45, 2.75) is 32.2 Å². The first-order chi connectivity index (χ1) is 14.4. The van der Waals surface area contributed by atoms with Crippen molar-refractivity contribution in [2.75, 3.05) is 14.1 Å². The second-order valence-electron chi connectivity index (χ2n) is 8.18. The van der Waals surface area contributed by atoms with Gasteiger partial charge in [-0.15, -0.1) is 0 Å². The number of carbonyl (C=O) groups excluding carboxylic acids is 1. The fourth-order valence-electron chi connectivity index (χ4n) is 4.55. The van der Waals surface area contributed by atoms with Crippen LogP contribution in [0.3, 0.4) is 0 Å². The number of allylic oxidation sites excluding steroid dienone is 2. The van der Waals surface area contributed by atoms with Gasteiger partial charge in [0.25, 0.3) is 0 Å². The van der Waals surface area contributed by atoms with Crippen molar-refractivity contribution < 1.29 is 9.53 Å². The third-order valence-electron chi connectivity index (χ3n) is 5.81. The second kappa shape index (κ2) is 7.90. The highest BCUT2D eigenvalue weighted by molar-refractivity contribution is 5.80. The van der Waals surface area contributed by atoms with Gasteiger partial charge in [0, 0.05) is 50.7 Å². The number of aromatic nitrogens is 1.